The Morgan fingerprint density at radius 1 is 0.806 bits per heavy atom. The van der Waals surface area contributed by atoms with E-state index in [0.29, 0.717) is 17.3 Å². The Balaban J connectivity index is 2.02. The summed E-state index contributed by atoms with van der Waals surface area (Å²) in [5.41, 5.74) is -3.99. The van der Waals surface area contributed by atoms with Gasteiger partial charge in [-0.25, -0.2) is 15.0 Å². The molecule has 0 radical (unpaired) electrons. The topological polar surface area (TPSA) is 109 Å². The minimum atomic E-state index is -5.13. The fraction of sp³-hybridized carbons (Fsp3) is 0.227. The lowest BCUT2D eigenvalue weighted by atomic mass is 10.0. The van der Waals surface area contributed by atoms with E-state index in [9.17, 15) is 35.9 Å². The molecule has 190 valence electrons. The van der Waals surface area contributed by atoms with Crippen LogP contribution in [0.15, 0.2) is 36.5 Å². The first-order valence-corrected chi connectivity index (χ1v) is 10.1. The van der Waals surface area contributed by atoms with E-state index in [2.05, 4.69) is 30.9 Å². The molecule has 3 aromatic rings. The van der Waals surface area contributed by atoms with E-state index in [1.807, 2.05) is 0 Å². The molecule has 2 heterocycles. The molecule has 0 aliphatic carbocycles. The van der Waals surface area contributed by atoms with Crippen molar-refractivity contribution in [2.75, 3.05) is 17.7 Å². The number of nitrogens with zero attached hydrogens (tertiary/aromatic N) is 3. The van der Waals surface area contributed by atoms with E-state index in [0.717, 1.165) is 6.20 Å². The quantitative estimate of drug-likeness (QED) is 0.421. The summed E-state index contributed by atoms with van der Waals surface area (Å²) in [7, 11) is 1.29. The Hall–Kier alpha value is -4.23. The van der Waals surface area contributed by atoms with Gasteiger partial charge >= 0.3 is 12.4 Å². The van der Waals surface area contributed by atoms with Crippen LogP contribution in [0.1, 0.15) is 43.4 Å². The van der Waals surface area contributed by atoms with Crippen molar-refractivity contribution in [3.8, 4) is 0 Å². The molecule has 0 aliphatic heterocycles. The van der Waals surface area contributed by atoms with E-state index >= 15 is 0 Å². The summed E-state index contributed by atoms with van der Waals surface area (Å²) in [6.45, 7) is 3.37. The Kier molecular flexibility index (Phi) is 7.17. The van der Waals surface area contributed by atoms with Crippen LogP contribution in [0.3, 0.4) is 0 Å². The first-order valence-electron chi connectivity index (χ1n) is 10.1. The van der Waals surface area contributed by atoms with Crippen molar-refractivity contribution >= 4 is 29.1 Å². The zero-order valence-corrected chi connectivity index (χ0v) is 18.9. The summed E-state index contributed by atoms with van der Waals surface area (Å²) in [4.78, 5) is 37.3. The van der Waals surface area contributed by atoms with Crippen molar-refractivity contribution in [3.63, 3.8) is 0 Å². The molecule has 0 saturated heterocycles. The molecule has 36 heavy (non-hydrogen) atoms. The van der Waals surface area contributed by atoms with Gasteiger partial charge in [0.15, 0.2) is 0 Å². The van der Waals surface area contributed by atoms with E-state index in [1.54, 1.807) is 19.9 Å². The molecule has 3 rings (SSSR count). The second-order valence-electron chi connectivity index (χ2n) is 7.51. The van der Waals surface area contributed by atoms with Gasteiger partial charge in [0.2, 0.25) is 0 Å². The third kappa shape index (κ3) is 6.25. The fourth-order valence-corrected chi connectivity index (χ4v) is 3.14. The number of benzene rings is 1. The highest BCUT2D eigenvalue weighted by Crippen LogP contribution is 2.36. The Labute approximate surface area is 200 Å². The summed E-state index contributed by atoms with van der Waals surface area (Å²) >= 11 is 0. The third-order valence-corrected chi connectivity index (χ3v) is 4.70. The number of nitrogens with one attached hydrogen (secondary N) is 3. The van der Waals surface area contributed by atoms with E-state index in [4.69, 9.17) is 0 Å². The first kappa shape index (κ1) is 26.4. The lowest BCUT2D eigenvalue weighted by Gasteiger charge is -2.15. The van der Waals surface area contributed by atoms with Crippen LogP contribution < -0.4 is 16.0 Å². The molecule has 2 amide bonds. The molecule has 2 aromatic heterocycles. The minimum absolute atomic E-state index is 0.0791. The Morgan fingerprint density at radius 3 is 1.94 bits per heavy atom. The Morgan fingerprint density at radius 2 is 1.42 bits per heavy atom. The van der Waals surface area contributed by atoms with Crippen LogP contribution in [-0.2, 0) is 12.4 Å². The van der Waals surface area contributed by atoms with Crippen LogP contribution in [0.2, 0.25) is 0 Å². The zero-order valence-electron chi connectivity index (χ0n) is 18.9. The second-order valence-corrected chi connectivity index (χ2v) is 7.51. The molecule has 0 bridgehead atoms. The normalized spacial score (nSPS) is 11.7. The Bertz CT molecular complexity index is 1270. The van der Waals surface area contributed by atoms with Crippen LogP contribution in [0.4, 0.5) is 43.7 Å². The number of halogens is 6. The highest BCUT2D eigenvalue weighted by Gasteiger charge is 2.37. The van der Waals surface area contributed by atoms with Gasteiger partial charge < -0.3 is 16.0 Å². The predicted molar refractivity (Wildman–Crippen MR) is 117 cm³/mol. The summed E-state index contributed by atoms with van der Waals surface area (Å²) in [6.07, 6.45) is -9.19. The van der Waals surface area contributed by atoms with Crippen molar-refractivity contribution < 1.29 is 35.9 Å². The van der Waals surface area contributed by atoms with Gasteiger partial charge in [-0.15, -0.1) is 0 Å². The number of hydrogen-bond donors (Lipinski definition) is 3. The number of alkyl halides is 6. The average molecular weight is 512 g/mol. The fourth-order valence-electron chi connectivity index (χ4n) is 3.14. The van der Waals surface area contributed by atoms with Gasteiger partial charge in [0.25, 0.3) is 11.8 Å². The molecular weight excluding hydrogens is 494 g/mol. The van der Waals surface area contributed by atoms with Crippen molar-refractivity contribution in [2.45, 2.75) is 26.2 Å². The number of amides is 2. The first-order chi connectivity index (χ1) is 16.7. The molecule has 0 saturated carbocycles. The highest BCUT2D eigenvalue weighted by molar-refractivity contribution is 6.09. The molecule has 0 spiro atoms. The van der Waals surface area contributed by atoms with Crippen molar-refractivity contribution in [2.24, 2.45) is 0 Å². The molecule has 3 N–H and O–H groups in total. The number of aromatic nitrogens is 3. The zero-order chi connectivity index (χ0) is 26.8. The summed E-state index contributed by atoms with van der Waals surface area (Å²) in [5.74, 6) is -1.17. The van der Waals surface area contributed by atoms with Crippen LogP contribution in [0, 0.1) is 13.8 Å². The second kappa shape index (κ2) is 9.79. The van der Waals surface area contributed by atoms with Gasteiger partial charge in [0.05, 0.1) is 22.4 Å². The molecule has 14 heteroatoms. The van der Waals surface area contributed by atoms with Crippen LogP contribution in [0.5, 0.6) is 0 Å². The van der Waals surface area contributed by atoms with Crippen molar-refractivity contribution in [1.29, 1.82) is 0 Å². The maximum absolute atomic E-state index is 13.2. The monoisotopic (exact) mass is 512 g/mol. The summed E-state index contributed by atoms with van der Waals surface area (Å²) in [5, 5.41) is 7.35. The van der Waals surface area contributed by atoms with Crippen molar-refractivity contribution in [3.05, 3.63) is 70.3 Å². The number of hydrogen-bond acceptors (Lipinski definition) is 6. The van der Waals surface area contributed by atoms with Gasteiger partial charge in [-0.05, 0) is 32.0 Å². The maximum atomic E-state index is 13.2. The summed E-state index contributed by atoms with van der Waals surface area (Å²) in [6, 6.07) is 3.26. The SMILES string of the molecule is CNC(=O)c1cnc(Nc2cc(C)nc(C)n2)cc1NC(=O)c1cc(C(F)(F)F)cc(C(F)(F)F)c1. The van der Waals surface area contributed by atoms with Crippen LogP contribution >= 0.6 is 0 Å². The lowest BCUT2D eigenvalue weighted by molar-refractivity contribution is -0.143. The van der Waals surface area contributed by atoms with Gasteiger partial charge in [-0.1, -0.05) is 0 Å². The number of anilines is 3. The molecule has 1 aromatic carbocycles. The molecule has 0 aliphatic rings. The lowest BCUT2D eigenvalue weighted by Crippen LogP contribution is -2.22. The van der Waals surface area contributed by atoms with Crippen LogP contribution in [-0.4, -0.2) is 33.8 Å². The van der Waals surface area contributed by atoms with Gasteiger partial charge in [-0.3, -0.25) is 9.59 Å². The average Bonchev–Trinajstić information content (AvgIpc) is 2.76. The molecule has 0 atom stereocenters. The minimum Gasteiger partial charge on any atom is -0.355 e. The van der Waals surface area contributed by atoms with E-state index in [1.165, 1.54) is 13.1 Å². The standard InChI is InChI=1S/C22H18F6N6O2/c1-10-4-18(32-11(2)31-10)34-17-8-16(15(9-30-17)20(36)29-3)33-19(35)12-5-13(21(23,24)25)7-14(6-12)22(26,27)28/h4-9H,1-3H3,(H,29,36)(H2,30,31,32,33,34,35). The number of carbonyl (C=O) groups is 2. The smallest absolute Gasteiger partial charge is 0.355 e. The predicted octanol–water partition coefficient (Wildman–Crippen LogP) is 4.88. The number of aryl methyl sites for hydroxylation is 2. The third-order valence-electron chi connectivity index (χ3n) is 4.70. The van der Waals surface area contributed by atoms with Crippen LogP contribution in [0.25, 0.3) is 0 Å². The van der Waals surface area contributed by atoms with Gasteiger partial charge in [-0.2, -0.15) is 26.3 Å². The summed E-state index contributed by atoms with van der Waals surface area (Å²) < 4.78 is 79.1. The maximum Gasteiger partial charge on any atom is 0.416 e. The molecule has 8 nitrogen and oxygen atoms in total. The van der Waals surface area contributed by atoms with Gasteiger partial charge in [0, 0.05) is 36.6 Å². The van der Waals surface area contributed by atoms with E-state index < -0.39 is 40.9 Å². The number of rotatable bonds is 5. The highest BCUT2D eigenvalue weighted by atomic mass is 19.4. The van der Waals surface area contributed by atoms with E-state index in [-0.39, 0.29) is 35.3 Å². The van der Waals surface area contributed by atoms with Gasteiger partial charge in [0.1, 0.15) is 17.5 Å². The number of carbonyl (C=O) groups excluding carboxylic acids is 2. The molecule has 0 unspecified atom stereocenters. The largest absolute Gasteiger partial charge is 0.416 e. The number of pyridine rings is 1. The molecular formula is C22H18F6N6O2. The van der Waals surface area contributed by atoms with Crippen molar-refractivity contribution in [1.82, 2.24) is 20.3 Å². The molecule has 0 fully saturated rings.